The number of nitrogens with zero attached hydrogens (tertiary/aromatic N) is 2. The van der Waals surface area contributed by atoms with Crippen LogP contribution in [0.4, 0.5) is 5.69 Å². The fourth-order valence-electron chi connectivity index (χ4n) is 3.43. The highest BCUT2D eigenvalue weighted by molar-refractivity contribution is 6.35. The zero-order valence-electron chi connectivity index (χ0n) is 17.1. The number of carbonyl (C=O) groups excluding carboxylic acids is 2. The summed E-state index contributed by atoms with van der Waals surface area (Å²) in [4.78, 5) is 31.9. The summed E-state index contributed by atoms with van der Waals surface area (Å²) in [5.74, 6) is -0.806. The molecule has 1 N–H and O–H groups in total. The number of carbonyl (C=O) groups is 2. The number of fused-ring (bicyclic) bond motifs is 1. The lowest BCUT2D eigenvalue weighted by molar-refractivity contribution is -0.124. The lowest BCUT2D eigenvalue weighted by atomic mass is 10.0. The van der Waals surface area contributed by atoms with Gasteiger partial charge in [0.15, 0.2) is 0 Å². The molecule has 32 heavy (non-hydrogen) atoms. The number of rotatable bonds is 4. The van der Waals surface area contributed by atoms with Crippen LogP contribution in [0.1, 0.15) is 16.7 Å². The van der Waals surface area contributed by atoms with Crippen molar-refractivity contribution in [2.24, 2.45) is 4.99 Å². The lowest BCUT2D eigenvalue weighted by Gasteiger charge is -2.20. The van der Waals surface area contributed by atoms with Crippen LogP contribution in [0.5, 0.6) is 0 Å². The molecule has 2 amide bonds. The van der Waals surface area contributed by atoms with Gasteiger partial charge in [0.05, 0.1) is 11.4 Å². The number of para-hydroxylation sites is 1. The van der Waals surface area contributed by atoms with Gasteiger partial charge in [-0.2, -0.15) is 0 Å². The summed E-state index contributed by atoms with van der Waals surface area (Å²) in [5.41, 5.74) is 3.66. The Morgan fingerprint density at radius 1 is 1.03 bits per heavy atom. The van der Waals surface area contributed by atoms with Gasteiger partial charge in [-0.1, -0.05) is 77.8 Å². The number of likely N-dealkylation sites (N-methyl/N-ethyl adjacent to an activating group) is 1. The fraction of sp³-hybridized carbons (Fsp3) is 0.0800. The van der Waals surface area contributed by atoms with Crippen molar-refractivity contribution in [3.63, 3.8) is 0 Å². The van der Waals surface area contributed by atoms with Crippen molar-refractivity contribution < 1.29 is 9.59 Å². The van der Waals surface area contributed by atoms with Gasteiger partial charge < -0.3 is 10.2 Å². The summed E-state index contributed by atoms with van der Waals surface area (Å²) in [6, 6.07) is 22.1. The van der Waals surface area contributed by atoms with Gasteiger partial charge in [-0.15, -0.1) is 0 Å². The molecule has 0 radical (unpaired) electrons. The lowest BCUT2D eigenvalue weighted by Crippen LogP contribution is -2.45. The second kappa shape index (κ2) is 9.39. The largest absolute Gasteiger partial charge is 0.323 e. The average Bonchev–Trinajstić information content (AvgIpc) is 2.90. The Morgan fingerprint density at radius 3 is 2.50 bits per heavy atom. The fourth-order valence-corrected chi connectivity index (χ4v) is 3.90. The second-order valence-electron chi connectivity index (χ2n) is 7.17. The topological polar surface area (TPSA) is 61.8 Å². The molecule has 1 atom stereocenters. The van der Waals surface area contributed by atoms with Crippen LogP contribution in [-0.4, -0.2) is 30.7 Å². The number of anilines is 1. The minimum Gasteiger partial charge on any atom is -0.323 e. The predicted octanol–water partition coefficient (Wildman–Crippen LogP) is 4.96. The molecular weight excluding hydrogens is 445 g/mol. The van der Waals surface area contributed by atoms with Crippen LogP contribution in [0.3, 0.4) is 0 Å². The quantitative estimate of drug-likeness (QED) is 0.555. The first kappa shape index (κ1) is 21.8. The molecule has 0 fully saturated rings. The Hall–Kier alpha value is -3.41. The monoisotopic (exact) mass is 463 g/mol. The minimum atomic E-state index is -1.08. The minimum absolute atomic E-state index is 0.338. The SMILES string of the molecule is CN1C(=O)[C@H](NC(=O)C=Cc2ccc(Cl)cc2Cl)N=C(c2ccccc2)c2ccccc21. The van der Waals surface area contributed by atoms with E-state index in [1.54, 1.807) is 31.3 Å². The number of aliphatic imine (C=N–C) groups is 1. The molecule has 1 aliphatic heterocycles. The Bertz CT molecular complexity index is 1240. The summed E-state index contributed by atoms with van der Waals surface area (Å²) >= 11 is 12.1. The molecule has 1 aliphatic rings. The molecule has 3 aromatic carbocycles. The second-order valence-corrected chi connectivity index (χ2v) is 8.01. The zero-order valence-corrected chi connectivity index (χ0v) is 18.6. The van der Waals surface area contributed by atoms with E-state index in [2.05, 4.69) is 10.3 Å². The first-order valence-electron chi connectivity index (χ1n) is 9.88. The van der Waals surface area contributed by atoms with E-state index in [9.17, 15) is 9.59 Å². The molecule has 1 heterocycles. The van der Waals surface area contributed by atoms with Crippen LogP contribution >= 0.6 is 23.2 Å². The van der Waals surface area contributed by atoms with Crippen molar-refractivity contribution in [1.82, 2.24) is 5.32 Å². The average molecular weight is 464 g/mol. The van der Waals surface area contributed by atoms with Gasteiger partial charge in [-0.25, -0.2) is 4.99 Å². The molecule has 0 spiro atoms. The zero-order chi connectivity index (χ0) is 22.7. The molecule has 4 rings (SSSR count). The summed E-state index contributed by atoms with van der Waals surface area (Å²) in [6.07, 6.45) is 1.80. The van der Waals surface area contributed by atoms with Crippen LogP contribution in [0, 0.1) is 0 Å². The number of benzene rings is 3. The maximum absolute atomic E-state index is 13.1. The van der Waals surface area contributed by atoms with E-state index in [1.165, 1.54) is 11.0 Å². The molecule has 0 unspecified atom stereocenters. The maximum atomic E-state index is 13.1. The van der Waals surface area contributed by atoms with Crippen LogP contribution in [0.25, 0.3) is 6.08 Å². The van der Waals surface area contributed by atoms with Crippen LogP contribution in [0.15, 0.2) is 83.9 Å². The highest BCUT2D eigenvalue weighted by Gasteiger charge is 2.30. The van der Waals surface area contributed by atoms with Gasteiger partial charge in [0.2, 0.25) is 12.1 Å². The number of amides is 2. The molecule has 0 saturated heterocycles. The molecule has 0 saturated carbocycles. The Morgan fingerprint density at radius 2 is 1.75 bits per heavy atom. The van der Waals surface area contributed by atoms with E-state index in [0.717, 1.165) is 16.8 Å². The molecule has 160 valence electrons. The molecule has 0 aromatic heterocycles. The highest BCUT2D eigenvalue weighted by atomic mass is 35.5. The number of hydrogen-bond acceptors (Lipinski definition) is 3. The molecule has 3 aromatic rings. The van der Waals surface area contributed by atoms with E-state index in [4.69, 9.17) is 23.2 Å². The van der Waals surface area contributed by atoms with Crippen molar-refractivity contribution in [2.75, 3.05) is 11.9 Å². The van der Waals surface area contributed by atoms with Gasteiger partial charge in [0, 0.05) is 34.3 Å². The van der Waals surface area contributed by atoms with Gasteiger partial charge in [-0.3, -0.25) is 9.59 Å². The van der Waals surface area contributed by atoms with Gasteiger partial charge in [0.1, 0.15) is 0 Å². The van der Waals surface area contributed by atoms with Crippen molar-refractivity contribution in [1.29, 1.82) is 0 Å². The molecule has 5 nitrogen and oxygen atoms in total. The van der Waals surface area contributed by atoms with E-state index in [1.807, 2.05) is 54.6 Å². The van der Waals surface area contributed by atoms with Crippen molar-refractivity contribution in [3.8, 4) is 0 Å². The third-order valence-corrected chi connectivity index (χ3v) is 5.61. The Balaban J connectivity index is 1.66. The van der Waals surface area contributed by atoms with Gasteiger partial charge >= 0.3 is 0 Å². The van der Waals surface area contributed by atoms with E-state index >= 15 is 0 Å². The standard InChI is InChI=1S/C25H19Cl2N3O2/c1-30-21-10-6-5-9-19(21)23(17-7-3-2-4-8-17)29-24(25(30)32)28-22(31)14-12-16-11-13-18(26)15-20(16)27/h2-15,24H,1H3,(H,28,31)/t24-/m1/s1. The predicted molar refractivity (Wildman–Crippen MR) is 129 cm³/mol. The normalized spacial score (nSPS) is 15.8. The molecule has 0 bridgehead atoms. The highest BCUT2D eigenvalue weighted by Crippen LogP contribution is 2.27. The first-order valence-corrected chi connectivity index (χ1v) is 10.6. The van der Waals surface area contributed by atoms with Gasteiger partial charge in [-0.05, 0) is 29.8 Å². The summed E-state index contributed by atoms with van der Waals surface area (Å²) in [7, 11) is 1.67. The maximum Gasteiger partial charge on any atom is 0.272 e. The number of hydrogen-bond donors (Lipinski definition) is 1. The Labute approximate surface area is 196 Å². The van der Waals surface area contributed by atoms with E-state index in [-0.39, 0.29) is 5.91 Å². The molecule has 0 aliphatic carbocycles. The third kappa shape index (κ3) is 4.59. The summed E-state index contributed by atoms with van der Waals surface area (Å²) in [5, 5.41) is 3.63. The Kier molecular flexibility index (Phi) is 6.40. The molecule has 7 heteroatoms. The van der Waals surface area contributed by atoms with Crippen molar-refractivity contribution in [2.45, 2.75) is 6.17 Å². The third-order valence-electron chi connectivity index (χ3n) is 5.05. The number of nitrogens with one attached hydrogen (secondary N) is 1. The van der Waals surface area contributed by atoms with Crippen LogP contribution in [0.2, 0.25) is 10.0 Å². The van der Waals surface area contributed by atoms with Gasteiger partial charge in [0.25, 0.3) is 5.91 Å². The van der Waals surface area contributed by atoms with Crippen molar-refractivity contribution >= 4 is 52.5 Å². The number of halogens is 2. The first-order chi connectivity index (χ1) is 15.4. The van der Waals surface area contributed by atoms with Crippen molar-refractivity contribution in [3.05, 3.63) is 106 Å². The summed E-state index contributed by atoms with van der Waals surface area (Å²) < 4.78 is 0. The van der Waals surface area contributed by atoms with E-state index in [0.29, 0.717) is 21.3 Å². The smallest absolute Gasteiger partial charge is 0.272 e. The number of benzodiazepines with no additional fused rings is 1. The van der Waals surface area contributed by atoms with Crippen LogP contribution < -0.4 is 10.2 Å². The van der Waals surface area contributed by atoms with Crippen LogP contribution in [-0.2, 0) is 9.59 Å². The molecular formula is C25H19Cl2N3O2. The summed E-state index contributed by atoms with van der Waals surface area (Å²) in [6.45, 7) is 0. The van der Waals surface area contributed by atoms with E-state index < -0.39 is 12.1 Å².